The van der Waals surface area contributed by atoms with Gasteiger partial charge in [0.05, 0.1) is 17.1 Å². The van der Waals surface area contributed by atoms with Crippen LogP contribution >= 0.6 is 23.2 Å². The summed E-state index contributed by atoms with van der Waals surface area (Å²) in [5.41, 5.74) is 8.83. The summed E-state index contributed by atoms with van der Waals surface area (Å²) in [6, 6.07) is 4.24. The predicted octanol–water partition coefficient (Wildman–Crippen LogP) is 2.34. The lowest BCUT2D eigenvalue weighted by Gasteiger charge is -2.22. The van der Waals surface area contributed by atoms with Crippen molar-refractivity contribution in [2.45, 2.75) is 38.8 Å². The number of amides is 1. The van der Waals surface area contributed by atoms with E-state index in [4.69, 9.17) is 33.9 Å². The van der Waals surface area contributed by atoms with Crippen LogP contribution in [0.15, 0.2) is 18.2 Å². The average Bonchev–Trinajstić information content (AvgIpc) is 3.04. The summed E-state index contributed by atoms with van der Waals surface area (Å²) >= 11 is 11.8. The van der Waals surface area contributed by atoms with Crippen LogP contribution in [0.2, 0.25) is 0 Å². The van der Waals surface area contributed by atoms with Gasteiger partial charge < -0.3 is 25.6 Å². The number of benzene rings is 1. The van der Waals surface area contributed by atoms with Crippen LogP contribution in [-0.2, 0) is 23.1 Å². The number of carbonyl (C=O) groups excluding carboxylic acids is 1. The lowest BCUT2D eigenvalue weighted by molar-refractivity contribution is -0.143. The Hall–Kier alpha value is -2.03. The maximum atomic E-state index is 12.3. The minimum absolute atomic E-state index is 0.236. The largest absolute Gasteiger partial charge is 0.480 e. The third kappa shape index (κ3) is 6.48. The molecule has 0 aliphatic carbocycles. The molecule has 2 atom stereocenters. The first-order chi connectivity index (χ1) is 14.7. The molecule has 10 heteroatoms. The Bertz CT molecular complexity index is 897. The molecule has 2 unspecified atom stereocenters. The molecule has 8 nitrogen and oxygen atoms in total. The summed E-state index contributed by atoms with van der Waals surface area (Å²) in [5.74, 6) is 0.0261. The second-order valence-electron chi connectivity index (χ2n) is 7.84. The van der Waals surface area contributed by atoms with E-state index in [9.17, 15) is 14.7 Å². The monoisotopic (exact) mass is 471 g/mol. The number of carbonyl (C=O) groups is 2. The van der Waals surface area contributed by atoms with Gasteiger partial charge in [-0.25, -0.2) is 9.78 Å². The van der Waals surface area contributed by atoms with Gasteiger partial charge in [0, 0.05) is 44.0 Å². The lowest BCUT2D eigenvalue weighted by Crippen LogP contribution is -2.50. The molecule has 1 amide bonds. The molecule has 0 saturated heterocycles. The molecule has 2 aromatic rings. The molecule has 31 heavy (non-hydrogen) atoms. The number of carboxylic acids is 1. The molecule has 0 fully saturated rings. The lowest BCUT2D eigenvalue weighted by atomic mass is 10.0. The normalized spacial score (nSPS) is 13.4. The molecule has 1 aromatic carbocycles. The highest BCUT2D eigenvalue weighted by Crippen LogP contribution is 2.23. The van der Waals surface area contributed by atoms with Gasteiger partial charge in [0.25, 0.3) is 0 Å². The highest BCUT2D eigenvalue weighted by Gasteiger charge is 2.26. The fraction of sp³-hybridized carbons (Fsp3) is 0.571. The molecule has 0 bridgehead atoms. The third-order valence-corrected chi connectivity index (χ3v) is 5.62. The average molecular weight is 472 g/mol. The summed E-state index contributed by atoms with van der Waals surface area (Å²) in [6.45, 7) is 4.85. The number of anilines is 1. The predicted molar refractivity (Wildman–Crippen MR) is 125 cm³/mol. The second kappa shape index (κ2) is 11.5. The van der Waals surface area contributed by atoms with Crippen molar-refractivity contribution in [2.24, 2.45) is 18.7 Å². The van der Waals surface area contributed by atoms with Crippen molar-refractivity contribution in [1.82, 2.24) is 14.9 Å². The molecule has 0 radical (unpaired) electrons. The van der Waals surface area contributed by atoms with Crippen molar-refractivity contribution in [2.75, 3.05) is 29.7 Å². The zero-order valence-corrected chi connectivity index (χ0v) is 19.7. The maximum Gasteiger partial charge on any atom is 0.326 e. The Morgan fingerprint density at radius 3 is 2.45 bits per heavy atom. The Balaban J connectivity index is 2.10. The van der Waals surface area contributed by atoms with Crippen molar-refractivity contribution in [1.29, 1.82) is 0 Å². The van der Waals surface area contributed by atoms with Crippen molar-refractivity contribution in [3.05, 3.63) is 24.0 Å². The van der Waals surface area contributed by atoms with Gasteiger partial charge in [-0.05, 0) is 30.5 Å². The minimum atomic E-state index is -1.07. The Morgan fingerprint density at radius 2 is 1.90 bits per heavy atom. The fourth-order valence-electron chi connectivity index (χ4n) is 3.42. The summed E-state index contributed by atoms with van der Waals surface area (Å²) < 4.78 is 1.98. The highest BCUT2D eigenvalue weighted by molar-refractivity contribution is 6.18. The van der Waals surface area contributed by atoms with E-state index in [0.29, 0.717) is 37.7 Å². The van der Waals surface area contributed by atoms with E-state index in [1.165, 1.54) is 0 Å². The smallest absolute Gasteiger partial charge is 0.326 e. The number of halogens is 2. The van der Waals surface area contributed by atoms with Gasteiger partial charge in [-0.1, -0.05) is 13.8 Å². The van der Waals surface area contributed by atoms with Gasteiger partial charge in [0.1, 0.15) is 11.9 Å². The first kappa shape index (κ1) is 25.2. The van der Waals surface area contributed by atoms with Crippen LogP contribution in [-0.4, -0.2) is 63.5 Å². The molecule has 0 saturated carbocycles. The van der Waals surface area contributed by atoms with E-state index < -0.39 is 24.0 Å². The van der Waals surface area contributed by atoms with E-state index in [1.54, 1.807) is 13.8 Å². The number of imidazole rings is 1. The molecule has 0 aliphatic rings. The van der Waals surface area contributed by atoms with Crippen molar-refractivity contribution < 1.29 is 14.7 Å². The number of hydrogen-bond acceptors (Lipinski definition) is 5. The van der Waals surface area contributed by atoms with Gasteiger partial charge >= 0.3 is 5.97 Å². The number of nitrogens with zero attached hydrogens (tertiary/aromatic N) is 3. The number of hydrogen-bond donors (Lipinski definition) is 3. The Kier molecular flexibility index (Phi) is 9.40. The molecule has 0 aliphatic heterocycles. The standard InChI is InChI=1S/C21H31Cl2N5O3/c1-13(2)19(21(30)31)26-20(29)15(24)5-7-18-25-16-12-14(4-6-17(16)27(18)3)28(10-8-22)11-9-23/h4,6,12-13,15,19H,5,7-11,24H2,1-3H3,(H,26,29)(H,30,31). The van der Waals surface area contributed by atoms with E-state index in [2.05, 4.69) is 10.2 Å². The van der Waals surface area contributed by atoms with Gasteiger partial charge in [-0.3, -0.25) is 4.79 Å². The number of aryl methyl sites for hydroxylation is 2. The highest BCUT2D eigenvalue weighted by atomic mass is 35.5. The minimum Gasteiger partial charge on any atom is -0.480 e. The molecule has 2 rings (SSSR count). The van der Waals surface area contributed by atoms with Crippen LogP contribution in [0.25, 0.3) is 11.0 Å². The van der Waals surface area contributed by atoms with Crippen molar-refractivity contribution >= 4 is 51.8 Å². The topological polar surface area (TPSA) is 113 Å². The number of aromatic nitrogens is 2. The van der Waals surface area contributed by atoms with Crippen LogP contribution < -0.4 is 16.0 Å². The van der Waals surface area contributed by atoms with Crippen LogP contribution in [0.1, 0.15) is 26.1 Å². The van der Waals surface area contributed by atoms with Crippen LogP contribution in [0.5, 0.6) is 0 Å². The van der Waals surface area contributed by atoms with Gasteiger partial charge in [-0.15, -0.1) is 23.2 Å². The van der Waals surface area contributed by atoms with E-state index >= 15 is 0 Å². The first-order valence-electron chi connectivity index (χ1n) is 10.3. The molecule has 1 aromatic heterocycles. The molecular weight excluding hydrogens is 441 g/mol. The van der Waals surface area contributed by atoms with E-state index in [0.717, 1.165) is 22.5 Å². The maximum absolute atomic E-state index is 12.3. The summed E-state index contributed by atoms with van der Waals surface area (Å²) in [4.78, 5) is 30.4. The number of alkyl halides is 2. The van der Waals surface area contributed by atoms with Crippen molar-refractivity contribution in [3.8, 4) is 0 Å². The van der Waals surface area contributed by atoms with Gasteiger partial charge in [-0.2, -0.15) is 0 Å². The van der Waals surface area contributed by atoms with Crippen LogP contribution in [0, 0.1) is 5.92 Å². The van der Waals surface area contributed by atoms with Gasteiger partial charge in [0.2, 0.25) is 5.91 Å². The van der Waals surface area contributed by atoms with E-state index in [-0.39, 0.29) is 5.92 Å². The van der Waals surface area contributed by atoms with Gasteiger partial charge in [0.15, 0.2) is 0 Å². The first-order valence-corrected chi connectivity index (χ1v) is 11.4. The number of fused-ring (bicyclic) bond motifs is 1. The molecule has 172 valence electrons. The Morgan fingerprint density at radius 1 is 1.26 bits per heavy atom. The number of nitrogens with one attached hydrogen (secondary N) is 1. The zero-order chi connectivity index (χ0) is 23.1. The van der Waals surface area contributed by atoms with Crippen LogP contribution in [0.4, 0.5) is 5.69 Å². The number of aliphatic carboxylic acids is 1. The quantitative estimate of drug-likeness (QED) is 0.409. The van der Waals surface area contributed by atoms with Crippen LogP contribution in [0.3, 0.4) is 0 Å². The number of rotatable bonds is 12. The molecular formula is C21H31Cl2N5O3. The molecule has 1 heterocycles. The summed E-state index contributed by atoms with van der Waals surface area (Å²) in [6.07, 6.45) is 0.840. The molecule has 4 N–H and O–H groups in total. The molecule has 0 spiro atoms. The number of nitrogens with two attached hydrogens (primary N) is 1. The second-order valence-corrected chi connectivity index (χ2v) is 8.59. The SMILES string of the molecule is CC(C)C(NC(=O)C(N)CCc1nc2cc(N(CCCl)CCCl)ccc2n1C)C(=O)O. The summed E-state index contributed by atoms with van der Waals surface area (Å²) in [5, 5.41) is 11.8. The fourth-order valence-corrected chi connectivity index (χ4v) is 3.83. The zero-order valence-electron chi connectivity index (χ0n) is 18.1. The summed E-state index contributed by atoms with van der Waals surface area (Å²) in [7, 11) is 1.92. The third-order valence-electron chi connectivity index (χ3n) is 5.28. The Labute approximate surface area is 192 Å². The van der Waals surface area contributed by atoms with E-state index in [1.807, 2.05) is 29.8 Å². The van der Waals surface area contributed by atoms with Crippen molar-refractivity contribution in [3.63, 3.8) is 0 Å². The number of carboxylic acid groups (broad SMARTS) is 1.